The van der Waals surface area contributed by atoms with Crippen LogP contribution in [-0.4, -0.2) is 16.4 Å². The maximum atomic E-state index is 11.6. The molecule has 20 heavy (non-hydrogen) atoms. The first-order valence-corrected chi connectivity index (χ1v) is 7.24. The third-order valence-corrected chi connectivity index (χ3v) is 4.56. The summed E-state index contributed by atoms with van der Waals surface area (Å²) in [5.74, 6) is 0. The number of aromatic amines is 1. The van der Waals surface area contributed by atoms with Crippen molar-refractivity contribution in [2.24, 2.45) is 0 Å². The highest BCUT2D eigenvalue weighted by Gasteiger charge is 2.49. The fourth-order valence-electron chi connectivity index (χ4n) is 3.43. The predicted molar refractivity (Wildman–Crippen MR) is 78.5 cm³/mol. The molecule has 0 atom stereocenters. The van der Waals surface area contributed by atoms with Gasteiger partial charge in [-0.3, -0.25) is 9.69 Å². The molecule has 1 aliphatic heterocycles. The normalized spacial score (nSPS) is 19.8. The number of pyridine rings is 1. The van der Waals surface area contributed by atoms with E-state index in [1.54, 1.807) is 6.07 Å². The molecule has 2 aliphatic rings. The standard InChI is InChI=1S/C17H18N2O/c20-15-7-6-14-11-19(10-13-4-2-1-3-5-13)12-17(8-9-17)16(14)18-15/h1-7H,8-12H2,(H,18,20). The monoisotopic (exact) mass is 266 g/mol. The maximum absolute atomic E-state index is 11.6. The first kappa shape index (κ1) is 11.9. The van der Waals surface area contributed by atoms with E-state index < -0.39 is 0 Å². The Morgan fingerprint density at radius 2 is 1.90 bits per heavy atom. The molecular formula is C17H18N2O. The Bertz CT molecular complexity index is 686. The van der Waals surface area contributed by atoms with Crippen molar-refractivity contribution in [2.75, 3.05) is 6.54 Å². The fourth-order valence-corrected chi connectivity index (χ4v) is 3.43. The van der Waals surface area contributed by atoms with Crippen LogP contribution in [0, 0.1) is 0 Å². The molecule has 3 heteroatoms. The van der Waals surface area contributed by atoms with Crippen LogP contribution in [0.3, 0.4) is 0 Å². The minimum absolute atomic E-state index is 0.0338. The molecule has 1 aliphatic carbocycles. The lowest BCUT2D eigenvalue weighted by atomic mass is 9.91. The molecular weight excluding hydrogens is 248 g/mol. The molecule has 0 bridgehead atoms. The van der Waals surface area contributed by atoms with Gasteiger partial charge in [-0.25, -0.2) is 0 Å². The lowest BCUT2D eigenvalue weighted by Crippen LogP contribution is -2.39. The SMILES string of the molecule is O=c1ccc2c([nH]1)C1(CC1)CN(Cc1ccccc1)C2. The number of H-pyrrole nitrogens is 1. The highest BCUT2D eigenvalue weighted by molar-refractivity contribution is 5.36. The zero-order valence-electron chi connectivity index (χ0n) is 11.4. The van der Waals surface area contributed by atoms with Crippen LogP contribution in [-0.2, 0) is 18.5 Å². The Kier molecular flexibility index (Phi) is 2.57. The Balaban J connectivity index is 1.64. The van der Waals surface area contributed by atoms with E-state index in [2.05, 4.69) is 40.2 Å². The van der Waals surface area contributed by atoms with Crippen LogP contribution < -0.4 is 5.56 Å². The molecule has 1 aromatic carbocycles. The zero-order chi connectivity index (χ0) is 13.6. The van der Waals surface area contributed by atoms with E-state index >= 15 is 0 Å². The summed E-state index contributed by atoms with van der Waals surface area (Å²) in [5, 5.41) is 0. The predicted octanol–water partition coefficient (Wildman–Crippen LogP) is 2.42. The Hall–Kier alpha value is -1.87. The van der Waals surface area contributed by atoms with Gasteiger partial charge in [0.05, 0.1) is 0 Å². The molecule has 1 fully saturated rings. The first-order chi connectivity index (χ1) is 9.75. The number of hydrogen-bond acceptors (Lipinski definition) is 2. The Labute approximate surface area is 118 Å². The molecule has 0 unspecified atom stereocenters. The van der Waals surface area contributed by atoms with E-state index in [1.807, 2.05) is 6.07 Å². The van der Waals surface area contributed by atoms with Gasteiger partial charge in [0.25, 0.3) is 0 Å². The molecule has 1 aromatic heterocycles. The quantitative estimate of drug-likeness (QED) is 0.906. The van der Waals surface area contributed by atoms with Crippen LogP contribution in [0.5, 0.6) is 0 Å². The van der Waals surface area contributed by atoms with Crippen molar-refractivity contribution in [3.8, 4) is 0 Å². The van der Waals surface area contributed by atoms with E-state index in [0.29, 0.717) is 0 Å². The average molecular weight is 266 g/mol. The van der Waals surface area contributed by atoms with Crippen LogP contribution in [0.1, 0.15) is 29.7 Å². The van der Waals surface area contributed by atoms with E-state index in [1.165, 1.54) is 29.7 Å². The van der Waals surface area contributed by atoms with E-state index in [9.17, 15) is 4.79 Å². The lowest BCUT2D eigenvalue weighted by molar-refractivity contribution is 0.210. The second-order valence-electron chi connectivity index (χ2n) is 6.13. The third kappa shape index (κ3) is 1.98. The van der Waals surface area contributed by atoms with Crippen LogP contribution in [0.4, 0.5) is 0 Å². The van der Waals surface area contributed by atoms with Crippen molar-refractivity contribution in [2.45, 2.75) is 31.3 Å². The van der Waals surface area contributed by atoms with Gasteiger partial charge in [0.2, 0.25) is 5.56 Å². The van der Waals surface area contributed by atoms with Crippen LogP contribution in [0.25, 0.3) is 0 Å². The number of fused-ring (bicyclic) bond motifs is 2. The maximum Gasteiger partial charge on any atom is 0.248 e. The van der Waals surface area contributed by atoms with Crippen LogP contribution in [0.15, 0.2) is 47.3 Å². The van der Waals surface area contributed by atoms with Gasteiger partial charge in [-0.2, -0.15) is 0 Å². The topological polar surface area (TPSA) is 36.1 Å². The number of hydrogen-bond donors (Lipinski definition) is 1. The van der Waals surface area contributed by atoms with Crippen molar-refractivity contribution in [3.63, 3.8) is 0 Å². The van der Waals surface area contributed by atoms with Crippen LogP contribution in [0.2, 0.25) is 0 Å². The largest absolute Gasteiger partial charge is 0.325 e. The molecule has 2 aromatic rings. The molecule has 1 saturated carbocycles. The second kappa shape index (κ2) is 4.32. The van der Waals surface area contributed by atoms with Crippen LogP contribution >= 0.6 is 0 Å². The minimum Gasteiger partial charge on any atom is -0.325 e. The van der Waals surface area contributed by atoms with Crippen molar-refractivity contribution in [1.29, 1.82) is 0 Å². The molecule has 4 rings (SSSR count). The number of nitrogens with one attached hydrogen (secondary N) is 1. The summed E-state index contributed by atoms with van der Waals surface area (Å²) in [6, 6.07) is 14.3. The highest BCUT2D eigenvalue weighted by atomic mass is 16.1. The van der Waals surface area contributed by atoms with E-state index in [-0.39, 0.29) is 11.0 Å². The van der Waals surface area contributed by atoms with E-state index in [0.717, 1.165) is 19.6 Å². The molecule has 0 radical (unpaired) electrons. The second-order valence-corrected chi connectivity index (χ2v) is 6.13. The van der Waals surface area contributed by atoms with Gasteiger partial charge in [-0.15, -0.1) is 0 Å². The summed E-state index contributed by atoms with van der Waals surface area (Å²) >= 11 is 0. The molecule has 0 amide bonds. The Morgan fingerprint density at radius 1 is 1.10 bits per heavy atom. The smallest absolute Gasteiger partial charge is 0.248 e. The lowest BCUT2D eigenvalue weighted by Gasteiger charge is -2.34. The summed E-state index contributed by atoms with van der Waals surface area (Å²) in [5.41, 5.74) is 4.12. The number of benzene rings is 1. The summed E-state index contributed by atoms with van der Waals surface area (Å²) in [6.45, 7) is 2.98. The van der Waals surface area contributed by atoms with Gasteiger partial charge in [0.15, 0.2) is 0 Å². The number of nitrogens with zero attached hydrogens (tertiary/aromatic N) is 1. The third-order valence-electron chi connectivity index (χ3n) is 4.56. The molecule has 3 nitrogen and oxygen atoms in total. The van der Waals surface area contributed by atoms with Gasteiger partial charge in [0.1, 0.15) is 0 Å². The zero-order valence-corrected chi connectivity index (χ0v) is 11.4. The van der Waals surface area contributed by atoms with Gasteiger partial charge < -0.3 is 4.98 Å². The molecule has 2 heterocycles. The van der Waals surface area contributed by atoms with Gasteiger partial charge in [-0.05, 0) is 24.0 Å². The van der Waals surface area contributed by atoms with Crippen molar-refractivity contribution in [3.05, 3.63) is 69.6 Å². The molecule has 1 N–H and O–H groups in total. The molecule has 0 saturated heterocycles. The van der Waals surface area contributed by atoms with Crippen molar-refractivity contribution in [1.82, 2.24) is 9.88 Å². The average Bonchev–Trinajstić information content (AvgIpc) is 3.21. The number of rotatable bonds is 2. The number of aromatic nitrogens is 1. The van der Waals surface area contributed by atoms with Crippen molar-refractivity contribution >= 4 is 0 Å². The minimum atomic E-state index is 0.0338. The van der Waals surface area contributed by atoms with Crippen molar-refractivity contribution < 1.29 is 0 Å². The summed E-state index contributed by atoms with van der Waals surface area (Å²) in [7, 11) is 0. The molecule has 102 valence electrons. The first-order valence-electron chi connectivity index (χ1n) is 7.24. The van der Waals surface area contributed by atoms with E-state index in [4.69, 9.17) is 0 Å². The van der Waals surface area contributed by atoms with Gasteiger partial charge in [-0.1, -0.05) is 36.4 Å². The fraction of sp³-hybridized carbons (Fsp3) is 0.353. The Morgan fingerprint density at radius 3 is 2.65 bits per heavy atom. The van der Waals surface area contributed by atoms with Gasteiger partial charge in [0, 0.05) is 36.8 Å². The summed E-state index contributed by atoms with van der Waals surface area (Å²) in [4.78, 5) is 17.1. The highest BCUT2D eigenvalue weighted by Crippen LogP contribution is 2.51. The summed E-state index contributed by atoms with van der Waals surface area (Å²) in [6.07, 6.45) is 2.40. The van der Waals surface area contributed by atoms with Gasteiger partial charge >= 0.3 is 0 Å². The summed E-state index contributed by atoms with van der Waals surface area (Å²) < 4.78 is 0. The molecule has 1 spiro atoms.